The van der Waals surface area contributed by atoms with Crippen molar-refractivity contribution in [2.45, 2.75) is 25.1 Å². The molecule has 2 atom stereocenters. The number of pyridine rings is 1. The number of hydrogen-bond acceptors (Lipinski definition) is 3. The van der Waals surface area contributed by atoms with Crippen LogP contribution < -0.4 is 4.90 Å². The van der Waals surface area contributed by atoms with Gasteiger partial charge >= 0.3 is 6.18 Å². The Hall–Kier alpha value is -1.30. The monoisotopic (exact) mass is 271 g/mol. The van der Waals surface area contributed by atoms with E-state index in [1.807, 2.05) is 4.90 Å². The average molecular weight is 271 g/mol. The van der Waals surface area contributed by atoms with Gasteiger partial charge in [-0.1, -0.05) is 0 Å². The molecule has 0 N–H and O–H groups in total. The minimum Gasteiger partial charge on any atom is -0.351 e. The number of piperazine rings is 1. The maximum absolute atomic E-state index is 13.0. The third kappa shape index (κ3) is 2.41. The molecule has 2 aliphatic heterocycles. The fourth-order valence-corrected chi connectivity index (χ4v) is 3.05. The molecule has 2 aliphatic rings. The van der Waals surface area contributed by atoms with Gasteiger partial charge in [-0.2, -0.15) is 13.2 Å². The molecule has 2 unspecified atom stereocenters. The van der Waals surface area contributed by atoms with Gasteiger partial charge in [0.2, 0.25) is 0 Å². The molecule has 2 bridgehead atoms. The Bertz CT molecular complexity index is 461. The Morgan fingerprint density at radius 1 is 1.21 bits per heavy atom. The zero-order chi connectivity index (χ0) is 13.5. The Labute approximate surface area is 110 Å². The lowest BCUT2D eigenvalue weighted by molar-refractivity contribution is -0.137. The summed E-state index contributed by atoms with van der Waals surface area (Å²) >= 11 is 0. The molecule has 3 rings (SSSR count). The number of alkyl halides is 3. The van der Waals surface area contributed by atoms with Crippen molar-refractivity contribution in [1.82, 2.24) is 9.88 Å². The van der Waals surface area contributed by atoms with Gasteiger partial charge in [-0.3, -0.25) is 4.90 Å². The predicted octanol–water partition coefficient (Wildman–Crippen LogP) is 2.38. The largest absolute Gasteiger partial charge is 0.419 e. The second-order valence-corrected chi connectivity index (χ2v) is 5.16. The maximum atomic E-state index is 13.0. The van der Waals surface area contributed by atoms with Crippen LogP contribution in [0.15, 0.2) is 18.3 Å². The number of fused-ring (bicyclic) bond motifs is 2. The van der Waals surface area contributed by atoms with Crippen LogP contribution in [0.1, 0.15) is 18.4 Å². The molecule has 0 amide bonds. The van der Waals surface area contributed by atoms with Crippen LogP contribution in [0.25, 0.3) is 0 Å². The summed E-state index contributed by atoms with van der Waals surface area (Å²) in [7, 11) is 0. The number of anilines is 1. The second-order valence-electron chi connectivity index (χ2n) is 5.16. The van der Waals surface area contributed by atoms with Gasteiger partial charge in [0, 0.05) is 31.9 Å². The van der Waals surface area contributed by atoms with Crippen molar-refractivity contribution in [2.75, 3.05) is 31.1 Å². The molecule has 3 heterocycles. The van der Waals surface area contributed by atoms with Crippen molar-refractivity contribution in [1.29, 1.82) is 0 Å². The summed E-state index contributed by atoms with van der Waals surface area (Å²) in [5.74, 6) is 0.0987. The first-order valence-corrected chi connectivity index (χ1v) is 6.57. The summed E-state index contributed by atoms with van der Waals surface area (Å²) in [6, 6.07) is 2.64. The molecule has 0 saturated carbocycles. The molecular weight excluding hydrogens is 255 g/mol. The first-order chi connectivity index (χ1) is 9.05. The van der Waals surface area contributed by atoms with Crippen LogP contribution in [0, 0.1) is 0 Å². The molecule has 2 saturated heterocycles. The molecule has 104 valence electrons. The number of rotatable bonds is 1. The summed E-state index contributed by atoms with van der Waals surface area (Å²) < 4.78 is 39.1. The van der Waals surface area contributed by atoms with Crippen molar-refractivity contribution < 1.29 is 13.2 Å². The molecule has 19 heavy (non-hydrogen) atoms. The van der Waals surface area contributed by atoms with Gasteiger partial charge in [-0.05, 0) is 31.5 Å². The van der Waals surface area contributed by atoms with Gasteiger partial charge in [-0.25, -0.2) is 4.98 Å². The van der Waals surface area contributed by atoms with Crippen LogP contribution in [-0.4, -0.2) is 42.1 Å². The lowest BCUT2D eigenvalue weighted by Gasteiger charge is -2.46. The SMILES string of the molecule is FC(F)(F)c1cccnc1N1CCN2CCCC1C2. The Balaban J connectivity index is 1.93. The molecule has 1 aromatic rings. The normalized spacial score (nSPS) is 27.4. The fourth-order valence-electron chi connectivity index (χ4n) is 3.05. The lowest BCUT2D eigenvalue weighted by atomic mass is 10.0. The van der Waals surface area contributed by atoms with Gasteiger partial charge in [0.05, 0.1) is 5.56 Å². The Morgan fingerprint density at radius 2 is 2.05 bits per heavy atom. The minimum atomic E-state index is -4.34. The van der Waals surface area contributed by atoms with Crippen molar-refractivity contribution in [2.24, 2.45) is 0 Å². The molecule has 0 aliphatic carbocycles. The number of nitrogens with zero attached hydrogens (tertiary/aromatic N) is 3. The van der Waals surface area contributed by atoms with Crippen LogP contribution in [0.5, 0.6) is 0 Å². The highest BCUT2D eigenvalue weighted by molar-refractivity contribution is 5.50. The topological polar surface area (TPSA) is 19.4 Å². The van der Waals surface area contributed by atoms with Crippen molar-refractivity contribution in [3.05, 3.63) is 23.9 Å². The summed E-state index contributed by atoms with van der Waals surface area (Å²) in [4.78, 5) is 8.17. The van der Waals surface area contributed by atoms with Crippen LogP contribution in [0.4, 0.5) is 19.0 Å². The number of piperidine rings is 1. The van der Waals surface area contributed by atoms with Gasteiger partial charge < -0.3 is 4.90 Å². The van der Waals surface area contributed by atoms with Gasteiger partial charge in [0.1, 0.15) is 5.82 Å². The Kier molecular flexibility index (Phi) is 3.12. The van der Waals surface area contributed by atoms with E-state index in [4.69, 9.17) is 0 Å². The second kappa shape index (κ2) is 4.67. The fraction of sp³-hybridized carbons (Fsp3) is 0.615. The first-order valence-electron chi connectivity index (χ1n) is 6.57. The molecule has 0 spiro atoms. The van der Waals surface area contributed by atoms with Crippen LogP contribution in [0.3, 0.4) is 0 Å². The number of aromatic nitrogens is 1. The van der Waals surface area contributed by atoms with E-state index in [0.29, 0.717) is 6.54 Å². The Morgan fingerprint density at radius 3 is 2.84 bits per heavy atom. The number of hydrogen-bond donors (Lipinski definition) is 0. The van der Waals surface area contributed by atoms with E-state index in [0.717, 1.165) is 38.5 Å². The predicted molar refractivity (Wildman–Crippen MR) is 66.0 cm³/mol. The van der Waals surface area contributed by atoms with Crippen LogP contribution in [0.2, 0.25) is 0 Å². The van der Waals surface area contributed by atoms with Crippen LogP contribution >= 0.6 is 0 Å². The zero-order valence-corrected chi connectivity index (χ0v) is 10.5. The molecular formula is C13H16F3N3. The van der Waals surface area contributed by atoms with Crippen molar-refractivity contribution in [3.8, 4) is 0 Å². The summed E-state index contributed by atoms with van der Waals surface area (Å²) in [6.07, 6.45) is -0.894. The molecule has 1 aromatic heterocycles. The standard InChI is InChI=1S/C13H16F3N3/c14-13(15,16)11-4-1-5-17-12(11)19-8-7-18-6-2-3-10(19)9-18/h1,4-5,10H,2-3,6-9H2. The van der Waals surface area contributed by atoms with Crippen molar-refractivity contribution in [3.63, 3.8) is 0 Å². The van der Waals surface area contributed by atoms with Gasteiger partial charge in [0.25, 0.3) is 0 Å². The van der Waals surface area contributed by atoms with Gasteiger partial charge in [-0.15, -0.1) is 0 Å². The highest BCUT2D eigenvalue weighted by Gasteiger charge is 2.39. The van der Waals surface area contributed by atoms with E-state index in [9.17, 15) is 13.2 Å². The first kappa shape index (κ1) is 12.7. The summed E-state index contributed by atoms with van der Waals surface area (Å²) in [5.41, 5.74) is -0.617. The minimum absolute atomic E-state index is 0.0987. The zero-order valence-electron chi connectivity index (χ0n) is 10.5. The quantitative estimate of drug-likeness (QED) is 0.782. The van der Waals surface area contributed by atoms with E-state index >= 15 is 0 Å². The molecule has 0 aromatic carbocycles. The number of halogens is 3. The molecule has 2 fully saturated rings. The van der Waals surface area contributed by atoms with E-state index in [1.54, 1.807) is 0 Å². The van der Waals surface area contributed by atoms with E-state index in [1.165, 1.54) is 12.3 Å². The maximum Gasteiger partial charge on any atom is 0.419 e. The molecule has 3 nitrogen and oxygen atoms in total. The van der Waals surface area contributed by atoms with Crippen molar-refractivity contribution >= 4 is 5.82 Å². The lowest BCUT2D eigenvalue weighted by Crippen LogP contribution is -2.56. The molecule has 0 radical (unpaired) electrons. The van der Waals surface area contributed by atoms with Crippen LogP contribution in [-0.2, 0) is 6.18 Å². The molecule has 6 heteroatoms. The summed E-state index contributed by atoms with van der Waals surface area (Å²) in [6.45, 7) is 3.38. The van der Waals surface area contributed by atoms with E-state index < -0.39 is 11.7 Å². The average Bonchev–Trinajstić information content (AvgIpc) is 2.38. The third-order valence-electron chi connectivity index (χ3n) is 3.94. The van der Waals surface area contributed by atoms with E-state index in [-0.39, 0.29) is 11.9 Å². The van der Waals surface area contributed by atoms with E-state index in [2.05, 4.69) is 9.88 Å². The third-order valence-corrected chi connectivity index (χ3v) is 3.94. The smallest absolute Gasteiger partial charge is 0.351 e. The highest BCUT2D eigenvalue weighted by atomic mass is 19.4. The van der Waals surface area contributed by atoms with Gasteiger partial charge in [0.15, 0.2) is 0 Å². The summed E-state index contributed by atoms with van der Waals surface area (Å²) in [5, 5.41) is 0. The highest BCUT2D eigenvalue weighted by Crippen LogP contribution is 2.37.